The van der Waals surface area contributed by atoms with Crippen LogP contribution in [0.15, 0.2) is 35.1 Å². The number of nitrogen functional groups attached to an aromatic ring is 1. The summed E-state index contributed by atoms with van der Waals surface area (Å²) in [4.78, 5) is 18.2. The molecule has 1 aromatic carbocycles. The van der Waals surface area contributed by atoms with Crippen molar-refractivity contribution in [2.75, 3.05) is 17.7 Å². The second kappa shape index (κ2) is 4.12. The summed E-state index contributed by atoms with van der Waals surface area (Å²) in [5, 5.41) is 0. The lowest BCUT2D eigenvalue weighted by atomic mass is 10.1. The Morgan fingerprint density at radius 3 is 2.68 bits per heavy atom. The van der Waals surface area contributed by atoms with Gasteiger partial charge >= 0.3 is 0 Å². The monoisotopic (exact) mass is 256 g/mol. The van der Waals surface area contributed by atoms with Gasteiger partial charge in [0.2, 0.25) is 5.95 Å². The van der Waals surface area contributed by atoms with Crippen LogP contribution in [0.2, 0.25) is 0 Å². The minimum Gasteiger partial charge on any atom is -0.383 e. The highest BCUT2D eigenvalue weighted by molar-refractivity contribution is 5.45. The molecule has 1 unspecified atom stereocenters. The predicted molar refractivity (Wildman–Crippen MR) is 75.2 cm³/mol. The number of hydrogen-bond donors (Lipinski definition) is 1. The smallest absolute Gasteiger partial charge is 0.257 e. The standard InChI is InChI=1S/C14H16N4O/c1-9-3-5-10(6-4-9)11-8-18-13(19)7-12(15)16-14(18)17(11)2/h3-7,11H,8,15H2,1-2H3. The molecule has 1 atom stereocenters. The summed E-state index contributed by atoms with van der Waals surface area (Å²) < 4.78 is 1.67. The summed E-state index contributed by atoms with van der Waals surface area (Å²) in [6.07, 6.45) is 0. The average molecular weight is 256 g/mol. The van der Waals surface area contributed by atoms with Crippen LogP contribution >= 0.6 is 0 Å². The summed E-state index contributed by atoms with van der Waals surface area (Å²) in [5.74, 6) is 0.906. The van der Waals surface area contributed by atoms with E-state index in [-0.39, 0.29) is 17.4 Å². The highest BCUT2D eigenvalue weighted by Gasteiger charge is 2.29. The molecule has 0 saturated heterocycles. The maximum absolute atomic E-state index is 11.9. The molecule has 1 aliphatic heterocycles. The van der Waals surface area contributed by atoms with Gasteiger partial charge in [-0.15, -0.1) is 0 Å². The van der Waals surface area contributed by atoms with E-state index < -0.39 is 0 Å². The van der Waals surface area contributed by atoms with Crippen LogP contribution in [0.5, 0.6) is 0 Å². The lowest BCUT2D eigenvalue weighted by Gasteiger charge is -2.20. The molecule has 19 heavy (non-hydrogen) atoms. The second-order valence-corrected chi connectivity index (χ2v) is 4.97. The number of fused-ring (bicyclic) bond motifs is 1. The highest BCUT2D eigenvalue weighted by Crippen LogP contribution is 2.31. The number of nitrogens with zero attached hydrogens (tertiary/aromatic N) is 3. The molecule has 0 saturated carbocycles. The van der Waals surface area contributed by atoms with Gasteiger partial charge in [0.15, 0.2) is 0 Å². The first kappa shape index (κ1) is 11.8. The maximum Gasteiger partial charge on any atom is 0.257 e. The van der Waals surface area contributed by atoms with Crippen molar-refractivity contribution in [3.63, 3.8) is 0 Å². The maximum atomic E-state index is 11.9. The van der Waals surface area contributed by atoms with Crippen molar-refractivity contribution >= 4 is 11.8 Å². The second-order valence-electron chi connectivity index (χ2n) is 4.97. The van der Waals surface area contributed by atoms with E-state index in [2.05, 4.69) is 36.2 Å². The quantitative estimate of drug-likeness (QED) is 0.836. The Balaban J connectivity index is 2.03. The van der Waals surface area contributed by atoms with E-state index in [1.54, 1.807) is 4.57 Å². The predicted octanol–water partition coefficient (Wildman–Crippen LogP) is 1.33. The van der Waals surface area contributed by atoms with E-state index in [0.717, 1.165) is 0 Å². The lowest BCUT2D eigenvalue weighted by molar-refractivity contribution is 0.628. The number of rotatable bonds is 1. The molecule has 5 heteroatoms. The molecular weight excluding hydrogens is 240 g/mol. The number of benzene rings is 1. The molecule has 0 bridgehead atoms. The molecule has 1 aliphatic rings. The number of nitrogens with two attached hydrogens (primary N) is 1. The fraction of sp³-hybridized carbons (Fsp3) is 0.286. The highest BCUT2D eigenvalue weighted by atomic mass is 16.1. The van der Waals surface area contributed by atoms with Gasteiger partial charge < -0.3 is 10.6 Å². The zero-order valence-corrected chi connectivity index (χ0v) is 11.0. The number of aryl methyl sites for hydroxylation is 1. The van der Waals surface area contributed by atoms with Gasteiger partial charge in [0.1, 0.15) is 5.82 Å². The topological polar surface area (TPSA) is 64.2 Å². The van der Waals surface area contributed by atoms with E-state index in [1.807, 2.05) is 11.9 Å². The fourth-order valence-corrected chi connectivity index (χ4v) is 2.50. The number of anilines is 2. The van der Waals surface area contributed by atoms with Gasteiger partial charge in [-0.05, 0) is 12.5 Å². The van der Waals surface area contributed by atoms with Crippen LogP contribution in [0.25, 0.3) is 0 Å². The van der Waals surface area contributed by atoms with Crippen LogP contribution < -0.4 is 16.2 Å². The van der Waals surface area contributed by atoms with Crippen molar-refractivity contribution in [2.24, 2.45) is 0 Å². The zero-order chi connectivity index (χ0) is 13.6. The molecule has 5 nitrogen and oxygen atoms in total. The lowest BCUT2D eigenvalue weighted by Crippen LogP contribution is -2.21. The van der Waals surface area contributed by atoms with Crippen molar-refractivity contribution in [1.82, 2.24) is 9.55 Å². The molecule has 0 spiro atoms. The summed E-state index contributed by atoms with van der Waals surface area (Å²) in [6, 6.07) is 9.85. The van der Waals surface area contributed by atoms with Crippen LogP contribution in [0.4, 0.5) is 11.8 Å². The Kier molecular flexibility index (Phi) is 2.55. The largest absolute Gasteiger partial charge is 0.383 e. The zero-order valence-electron chi connectivity index (χ0n) is 11.0. The molecule has 0 aliphatic carbocycles. The van der Waals surface area contributed by atoms with Gasteiger partial charge in [0.05, 0.1) is 12.6 Å². The third kappa shape index (κ3) is 1.87. The van der Waals surface area contributed by atoms with Gasteiger partial charge in [0.25, 0.3) is 5.56 Å². The molecule has 2 N–H and O–H groups in total. The van der Waals surface area contributed by atoms with Crippen molar-refractivity contribution in [2.45, 2.75) is 19.5 Å². The van der Waals surface area contributed by atoms with Gasteiger partial charge in [-0.25, -0.2) is 0 Å². The minimum absolute atomic E-state index is 0.0936. The summed E-state index contributed by atoms with van der Waals surface area (Å²) in [7, 11) is 1.94. The number of hydrogen-bond acceptors (Lipinski definition) is 4. The van der Waals surface area contributed by atoms with E-state index in [0.29, 0.717) is 12.5 Å². The Labute approximate surface area is 111 Å². The van der Waals surface area contributed by atoms with Crippen LogP contribution in [-0.2, 0) is 6.54 Å². The molecule has 98 valence electrons. The Morgan fingerprint density at radius 1 is 1.32 bits per heavy atom. The summed E-state index contributed by atoms with van der Waals surface area (Å²) >= 11 is 0. The van der Waals surface area contributed by atoms with Crippen molar-refractivity contribution in [1.29, 1.82) is 0 Å². The number of likely N-dealkylation sites (N-methyl/N-ethyl adjacent to an activating group) is 1. The first-order valence-electron chi connectivity index (χ1n) is 6.23. The van der Waals surface area contributed by atoms with E-state index >= 15 is 0 Å². The summed E-state index contributed by atoms with van der Waals surface area (Å²) in [6.45, 7) is 2.67. The summed E-state index contributed by atoms with van der Waals surface area (Å²) in [5.41, 5.74) is 7.95. The van der Waals surface area contributed by atoms with Crippen LogP contribution in [0.3, 0.4) is 0 Å². The Bertz CT molecular complexity index is 675. The molecule has 3 rings (SSSR count). The molecule has 2 aromatic rings. The van der Waals surface area contributed by atoms with Crippen LogP contribution in [-0.4, -0.2) is 16.6 Å². The Hall–Kier alpha value is -2.30. The van der Waals surface area contributed by atoms with Crippen LogP contribution in [0.1, 0.15) is 17.2 Å². The molecule has 0 radical (unpaired) electrons. The van der Waals surface area contributed by atoms with Gasteiger partial charge in [0, 0.05) is 13.1 Å². The SMILES string of the molecule is Cc1ccc(C2Cn3c(nc(N)cc3=O)N2C)cc1. The first-order valence-corrected chi connectivity index (χ1v) is 6.23. The molecule has 0 amide bonds. The normalized spacial score (nSPS) is 17.6. The van der Waals surface area contributed by atoms with E-state index in [1.165, 1.54) is 17.2 Å². The third-order valence-electron chi connectivity index (χ3n) is 3.61. The third-order valence-corrected chi connectivity index (χ3v) is 3.61. The van der Waals surface area contributed by atoms with Crippen molar-refractivity contribution in [3.05, 3.63) is 51.8 Å². The fourth-order valence-electron chi connectivity index (χ4n) is 2.50. The van der Waals surface area contributed by atoms with E-state index in [9.17, 15) is 4.79 Å². The molecule has 2 heterocycles. The average Bonchev–Trinajstić information content (AvgIpc) is 2.69. The minimum atomic E-state index is -0.0936. The Morgan fingerprint density at radius 2 is 2.00 bits per heavy atom. The van der Waals surface area contributed by atoms with E-state index in [4.69, 9.17) is 5.73 Å². The number of aromatic nitrogens is 2. The first-order chi connectivity index (χ1) is 9.06. The van der Waals surface area contributed by atoms with Gasteiger partial charge in [-0.3, -0.25) is 9.36 Å². The molecular formula is C14H16N4O. The van der Waals surface area contributed by atoms with Crippen molar-refractivity contribution in [3.8, 4) is 0 Å². The van der Waals surface area contributed by atoms with Gasteiger partial charge in [-0.2, -0.15) is 4.98 Å². The van der Waals surface area contributed by atoms with Gasteiger partial charge in [-0.1, -0.05) is 29.8 Å². The molecule has 0 fully saturated rings. The van der Waals surface area contributed by atoms with Crippen LogP contribution in [0, 0.1) is 6.92 Å². The van der Waals surface area contributed by atoms with Crippen molar-refractivity contribution < 1.29 is 0 Å². The molecule has 1 aromatic heterocycles.